The van der Waals surface area contributed by atoms with Gasteiger partial charge in [-0.05, 0) is 31.2 Å². The van der Waals surface area contributed by atoms with Crippen molar-refractivity contribution in [1.82, 2.24) is 9.21 Å². The zero-order chi connectivity index (χ0) is 17.7. The van der Waals surface area contributed by atoms with Gasteiger partial charge in [-0.3, -0.25) is 4.90 Å². The van der Waals surface area contributed by atoms with Crippen LogP contribution in [0.5, 0.6) is 0 Å². The number of nitrogens with zero attached hydrogens (tertiary/aromatic N) is 2. The summed E-state index contributed by atoms with van der Waals surface area (Å²) < 4.78 is 31.7. The van der Waals surface area contributed by atoms with Crippen LogP contribution in [0.2, 0.25) is 0 Å². The van der Waals surface area contributed by atoms with Gasteiger partial charge in [-0.2, -0.15) is 4.31 Å². The third-order valence-electron chi connectivity index (χ3n) is 3.73. The van der Waals surface area contributed by atoms with Crippen LogP contribution in [0.4, 0.5) is 0 Å². The molecule has 132 valence electrons. The highest BCUT2D eigenvalue weighted by atomic mass is 35.5. The molecule has 2 rings (SSSR count). The minimum Gasteiger partial charge on any atom is -0.462 e. The second kappa shape index (κ2) is 8.11. The maximum absolute atomic E-state index is 12.7. The van der Waals surface area contributed by atoms with Gasteiger partial charge >= 0.3 is 5.97 Å². The quantitative estimate of drug-likeness (QED) is 0.714. The second-order valence-corrected chi connectivity index (χ2v) is 7.91. The van der Waals surface area contributed by atoms with E-state index in [1.165, 1.54) is 28.6 Å². The van der Waals surface area contributed by atoms with Crippen molar-refractivity contribution in [2.24, 2.45) is 0 Å². The minimum absolute atomic E-state index is 0.172. The summed E-state index contributed by atoms with van der Waals surface area (Å²) in [6.45, 7) is 8.20. The summed E-state index contributed by atoms with van der Waals surface area (Å²) in [6, 6.07) is 5.82. The van der Waals surface area contributed by atoms with Crippen molar-refractivity contribution < 1.29 is 17.9 Å². The first-order valence-electron chi connectivity index (χ1n) is 7.67. The average Bonchev–Trinajstić information content (AvgIpc) is 2.55. The Balaban J connectivity index is 2.05. The molecule has 0 saturated carbocycles. The standard InChI is InChI=1S/C16H21ClN2O4S/c1-3-23-16(20)14-4-6-15(7-5-14)24(21,22)19-10-8-18(9-11-19)12-13(2)17/h4-7H,2-3,8-12H2,1H3. The van der Waals surface area contributed by atoms with Crippen molar-refractivity contribution >= 4 is 27.6 Å². The van der Waals surface area contributed by atoms with Gasteiger partial charge in [0.1, 0.15) is 0 Å². The highest BCUT2D eigenvalue weighted by molar-refractivity contribution is 7.89. The predicted molar refractivity (Wildman–Crippen MR) is 92.6 cm³/mol. The fourth-order valence-corrected chi connectivity index (χ4v) is 4.09. The predicted octanol–water partition coefficient (Wildman–Crippen LogP) is 1.92. The van der Waals surface area contributed by atoms with E-state index in [9.17, 15) is 13.2 Å². The first kappa shape index (κ1) is 18.9. The summed E-state index contributed by atoms with van der Waals surface area (Å²) >= 11 is 5.79. The molecule has 0 amide bonds. The van der Waals surface area contributed by atoms with Crippen LogP contribution in [0.1, 0.15) is 17.3 Å². The van der Waals surface area contributed by atoms with Crippen molar-refractivity contribution in [1.29, 1.82) is 0 Å². The molecule has 1 aliphatic heterocycles. The highest BCUT2D eigenvalue weighted by Gasteiger charge is 2.28. The SMILES string of the molecule is C=C(Cl)CN1CCN(S(=O)(=O)c2ccc(C(=O)OCC)cc2)CC1. The number of rotatable bonds is 6. The van der Waals surface area contributed by atoms with Crippen LogP contribution < -0.4 is 0 Å². The van der Waals surface area contributed by atoms with Gasteiger partial charge in [0.15, 0.2) is 0 Å². The van der Waals surface area contributed by atoms with Gasteiger partial charge in [0.05, 0.1) is 17.1 Å². The van der Waals surface area contributed by atoms with Crippen LogP contribution in [0, 0.1) is 0 Å². The van der Waals surface area contributed by atoms with Crippen molar-refractivity contribution in [2.75, 3.05) is 39.3 Å². The maximum atomic E-state index is 12.7. The molecule has 8 heteroatoms. The van der Waals surface area contributed by atoms with E-state index < -0.39 is 16.0 Å². The van der Waals surface area contributed by atoms with Crippen molar-refractivity contribution in [3.05, 3.63) is 41.4 Å². The van der Waals surface area contributed by atoms with E-state index in [4.69, 9.17) is 16.3 Å². The molecule has 1 aliphatic rings. The molecule has 0 spiro atoms. The van der Waals surface area contributed by atoms with Gasteiger partial charge in [-0.1, -0.05) is 18.2 Å². The lowest BCUT2D eigenvalue weighted by molar-refractivity contribution is 0.0526. The number of esters is 1. The smallest absolute Gasteiger partial charge is 0.338 e. The third kappa shape index (κ3) is 4.57. The lowest BCUT2D eigenvalue weighted by Gasteiger charge is -2.33. The summed E-state index contributed by atoms with van der Waals surface area (Å²) in [7, 11) is -3.57. The molecule has 24 heavy (non-hydrogen) atoms. The normalized spacial score (nSPS) is 16.8. The van der Waals surface area contributed by atoms with Gasteiger partial charge in [0, 0.05) is 37.8 Å². The molecule has 1 heterocycles. The lowest BCUT2D eigenvalue weighted by atomic mass is 10.2. The fourth-order valence-electron chi connectivity index (χ4n) is 2.50. The Morgan fingerprint density at radius 2 is 1.79 bits per heavy atom. The van der Waals surface area contributed by atoms with Crippen LogP contribution in [0.3, 0.4) is 0 Å². The number of piperazine rings is 1. The Hall–Kier alpha value is -1.41. The molecule has 6 nitrogen and oxygen atoms in total. The summed E-state index contributed by atoms with van der Waals surface area (Å²) in [5, 5.41) is 0.542. The first-order chi connectivity index (χ1) is 11.3. The van der Waals surface area contributed by atoms with Gasteiger partial charge in [-0.15, -0.1) is 0 Å². The van der Waals surface area contributed by atoms with E-state index in [1.807, 2.05) is 0 Å². The number of carbonyl (C=O) groups is 1. The Labute approximate surface area is 147 Å². The van der Waals surface area contributed by atoms with Crippen LogP contribution in [-0.4, -0.2) is 62.9 Å². The molecule has 0 bridgehead atoms. The number of ether oxygens (including phenoxy) is 1. The molecule has 0 aromatic heterocycles. The molecular formula is C16H21ClN2O4S. The number of sulfonamides is 1. The molecule has 0 atom stereocenters. The van der Waals surface area contributed by atoms with Gasteiger partial charge in [-0.25, -0.2) is 13.2 Å². The molecule has 1 aromatic carbocycles. The monoisotopic (exact) mass is 372 g/mol. The molecule has 1 saturated heterocycles. The van der Waals surface area contributed by atoms with Crippen LogP contribution in [0.15, 0.2) is 40.8 Å². The topological polar surface area (TPSA) is 66.9 Å². The highest BCUT2D eigenvalue weighted by Crippen LogP contribution is 2.19. The molecule has 0 radical (unpaired) electrons. The summed E-state index contributed by atoms with van der Waals surface area (Å²) in [5.41, 5.74) is 0.334. The summed E-state index contributed by atoms with van der Waals surface area (Å²) in [5.74, 6) is -0.462. The number of benzene rings is 1. The number of halogens is 1. The van der Waals surface area contributed by atoms with Crippen LogP contribution in [-0.2, 0) is 14.8 Å². The van der Waals surface area contributed by atoms with Crippen LogP contribution >= 0.6 is 11.6 Å². The Bertz CT molecular complexity index is 695. The Kier molecular flexibility index (Phi) is 6.40. The van der Waals surface area contributed by atoms with Crippen molar-refractivity contribution in [2.45, 2.75) is 11.8 Å². The molecule has 1 aromatic rings. The summed E-state index contributed by atoms with van der Waals surface area (Å²) in [4.78, 5) is 13.9. The molecular weight excluding hydrogens is 352 g/mol. The maximum Gasteiger partial charge on any atom is 0.338 e. The second-order valence-electron chi connectivity index (χ2n) is 5.44. The van der Waals surface area contributed by atoms with E-state index >= 15 is 0 Å². The van der Waals surface area contributed by atoms with E-state index in [1.54, 1.807) is 6.92 Å². The van der Waals surface area contributed by atoms with Gasteiger partial charge < -0.3 is 4.74 Å². The van der Waals surface area contributed by atoms with Gasteiger partial charge in [0.2, 0.25) is 10.0 Å². The largest absolute Gasteiger partial charge is 0.462 e. The fraction of sp³-hybridized carbons (Fsp3) is 0.438. The Morgan fingerprint density at radius 3 is 2.29 bits per heavy atom. The molecule has 0 N–H and O–H groups in total. The zero-order valence-electron chi connectivity index (χ0n) is 13.6. The number of carbonyl (C=O) groups excluding carboxylic acids is 1. The number of hydrogen-bond donors (Lipinski definition) is 0. The Morgan fingerprint density at radius 1 is 1.21 bits per heavy atom. The van der Waals surface area contributed by atoms with Crippen molar-refractivity contribution in [3.63, 3.8) is 0 Å². The lowest BCUT2D eigenvalue weighted by Crippen LogP contribution is -2.48. The van der Waals surface area contributed by atoms with E-state index in [-0.39, 0.29) is 11.5 Å². The molecule has 0 unspecified atom stereocenters. The molecule has 1 fully saturated rings. The first-order valence-corrected chi connectivity index (χ1v) is 9.49. The van der Waals surface area contributed by atoms with Gasteiger partial charge in [0.25, 0.3) is 0 Å². The van der Waals surface area contributed by atoms with E-state index in [0.717, 1.165) is 0 Å². The number of hydrogen-bond acceptors (Lipinski definition) is 5. The van der Waals surface area contributed by atoms with Crippen LogP contribution in [0.25, 0.3) is 0 Å². The van der Waals surface area contributed by atoms with E-state index in [0.29, 0.717) is 43.3 Å². The molecule has 0 aliphatic carbocycles. The zero-order valence-corrected chi connectivity index (χ0v) is 15.1. The third-order valence-corrected chi connectivity index (χ3v) is 5.76. The minimum atomic E-state index is -3.57. The summed E-state index contributed by atoms with van der Waals surface area (Å²) in [6.07, 6.45) is 0. The van der Waals surface area contributed by atoms with E-state index in [2.05, 4.69) is 11.5 Å². The van der Waals surface area contributed by atoms with Crippen molar-refractivity contribution in [3.8, 4) is 0 Å². The average molecular weight is 373 g/mol.